The van der Waals surface area contributed by atoms with E-state index in [0.717, 1.165) is 93.6 Å². The molecule has 0 saturated carbocycles. The summed E-state index contributed by atoms with van der Waals surface area (Å²) in [6, 6.07) is 158. The number of nitrogens with zero attached hydrogens (tertiary/aromatic N) is 7. The van der Waals surface area contributed by atoms with Gasteiger partial charge < -0.3 is 38.0 Å². The van der Waals surface area contributed by atoms with Crippen molar-refractivity contribution >= 4 is 186 Å². The highest BCUT2D eigenvalue weighted by molar-refractivity contribution is 9.10. The van der Waals surface area contributed by atoms with Crippen molar-refractivity contribution in [2.45, 2.75) is 0 Å². The number of benzene rings is 18. The summed E-state index contributed by atoms with van der Waals surface area (Å²) in [7, 11) is 0. The molecule has 8 nitrogen and oxygen atoms in total. The molecule has 118 heavy (non-hydrogen) atoms. The van der Waals surface area contributed by atoms with Gasteiger partial charge in [-0.3, -0.25) is 0 Å². The Morgan fingerprint density at radius 1 is 0.161 bits per heavy atom. The molecule has 18 aromatic carbocycles. The molecule has 5 heterocycles. The Hall–Kier alpha value is -14.7. The molecule has 0 bridgehead atoms. The minimum absolute atomic E-state index is 1.07. The van der Waals surface area contributed by atoms with Crippen LogP contribution in [0.15, 0.2) is 452 Å². The van der Waals surface area contributed by atoms with Gasteiger partial charge in [-0.15, -0.1) is 0 Å². The van der Waals surface area contributed by atoms with Crippen LogP contribution >= 0.6 is 31.9 Å². The molecule has 0 aliphatic heterocycles. The molecule has 5 aromatic heterocycles. The molecule has 0 radical (unpaired) electrons. The molecular weight excluding hydrogens is 1570 g/mol. The lowest BCUT2D eigenvalue weighted by Gasteiger charge is -2.26. The molecular formula is C108H74Br2N8. The van der Waals surface area contributed by atoms with Crippen molar-refractivity contribution in [3.8, 4) is 28.4 Å². The molecule has 0 atom stereocenters. The molecule has 560 valence electrons. The molecule has 23 aromatic rings. The number of hydrogen-bond acceptors (Lipinski definition) is 3. The second-order valence-electron chi connectivity index (χ2n) is 29.6. The molecule has 0 fully saturated rings. The first-order valence-corrected chi connectivity index (χ1v) is 41.3. The van der Waals surface area contributed by atoms with E-state index in [-0.39, 0.29) is 0 Å². The fourth-order valence-corrected chi connectivity index (χ4v) is 18.2. The van der Waals surface area contributed by atoms with E-state index in [1.807, 2.05) is 24.3 Å². The lowest BCUT2D eigenvalue weighted by Crippen LogP contribution is -2.10. The molecule has 0 saturated heterocycles. The Labute approximate surface area is 699 Å². The van der Waals surface area contributed by atoms with Crippen molar-refractivity contribution in [1.82, 2.24) is 22.8 Å². The van der Waals surface area contributed by atoms with Crippen molar-refractivity contribution in [3.63, 3.8) is 0 Å². The van der Waals surface area contributed by atoms with E-state index >= 15 is 0 Å². The van der Waals surface area contributed by atoms with Gasteiger partial charge in [0.2, 0.25) is 0 Å². The van der Waals surface area contributed by atoms with Crippen LogP contribution in [-0.2, 0) is 0 Å². The lowest BCUT2D eigenvalue weighted by molar-refractivity contribution is 1.17. The summed E-state index contributed by atoms with van der Waals surface area (Å²) in [5.41, 5.74) is 26.2. The molecule has 0 aliphatic carbocycles. The first kappa shape index (κ1) is 71.1. The third kappa shape index (κ3) is 12.9. The Morgan fingerprint density at radius 2 is 0.381 bits per heavy atom. The summed E-state index contributed by atoms with van der Waals surface area (Å²) >= 11 is 7.18. The Kier molecular flexibility index (Phi) is 18.4. The van der Waals surface area contributed by atoms with Crippen molar-refractivity contribution in [2.75, 3.05) is 15.1 Å². The van der Waals surface area contributed by atoms with E-state index in [1.54, 1.807) is 0 Å². The van der Waals surface area contributed by atoms with E-state index in [2.05, 4.69) is 488 Å². The zero-order valence-electron chi connectivity index (χ0n) is 64.0. The first-order valence-electron chi connectivity index (χ1n) is 39.8. The van der Waals surface area contributed by atoms with Gasteiger partial charge in [0, 0.05) is 137 Å². The lowest BCUT2D eigenvalue weighted by atomic mass is 10.1. The smallest absolute Gasteiger partial charge is 0.0561 e. The van der Waals surface area contributed by atoms with Crippen molar-refractivity contribution < 1.29 is 0 Å². The van der Waals surface area contributed by atoms with Crippen LogP contribution in [0.2, 0.25) is 0 Å². The maximum atomic E-state index is 3.59. The van der Waals surface area contributed by atoms with Crippen LogP contribution < -0.4 is 15.1 Å². The second-order valence-corrected chi connectivity index (χ2v) is 31.4. The van der Waals surface area contributed by atoms with Crippen LogP contribution in [0.5, 0.6) is 0 Å². The van der Waals surface area contributed by atoms with Gasteiger partial charge in [-0.05, 0) is 200 Å². The molecule has 0 unspecified atom stereocenters. The normalized spacial score (nSPS) is 11.5. The number of para-hydroxylation sites is 11. The number of rotatable bonds is 13. The quantitative estimate of drug-likeness (QED) is 0.125. The maximum Gasteiger partial charge on any atom is 0.0561 e. The van der Waals surface area contributed by atoms with Gasteiger partial charge in [0.1, 0.15) is 0 Å². The minimum atomic E-state index is 1.07. The molecule has 0 aliphatic rings. The van der Waals surface area contributed by atoms with Gasteiger partial charge in [-0.1, -0.05) is 275 Å². The molecule has 23 rings (SSSR count). The highest BCUT2D eigenvalue weighted by Gasteiger charge is 2.24. The van der Waals surface area contributed by atoms with Gasteiger partial charge >= 0.3 is 0 Å². The van der Waals surface area contributed by atoms with E-state index in [4.69, 9.17) is 0 Å². The highest BCUT2D eigenvalue weighted by Crippen LogP contribution is 2.47. The van der Waals surface area contributed by atoms with Crippen LogP contribution in [0, 0.1) is 0 Å². The number of anilines is 8. The van der Waals surface area contributed by atoms with Gasteiger partial charge in [-0.25, -0.2) is 0 Å². The summed E-state index contributed by atoms with van der Waals surface area (Å²) < 4.78 is 14.1. The van der Waals surface area contributed by atoms with E-state index in [9.17, 15) is 0 Å². The second kappa shape index (κ2) is 30.6. The number of halogens is 2. The number of hydrogen-bond donors (Lipinski definition) is 1. The van der Waals surface area contributed by atoms with Crippen molar-refractivity contribution in [1.29, 1.82) is 0 Å². The third-order valence-corrected chi connectivity index (χ3v) is 23.6. The number of fused-ring (bicyclic) bond motifs is 15. The Morgan fingerprint density at radius 3 is 0.686 bits per heavy atom. The SMILES string of the molecule is Brc1ccc2c3ccc(Br)cc3n(-c3ccccc3)c2c1.c1ccc(N(c2ccc3c4ccccc4n(-c4ccccc4)c3c2)c2ccc3c4ccc(N(c5ccccc5)c5ccc6c7ccccc7n(-c7ccccc7)c6c5)cc4n(-c4ccccc4)c3c2)cc1.c1ccc(Nc2ccc3c4ccccc4n(-c4ccccc4)c3c2)cc1. The highest BCUT2D eigenvalue weighted by atomic mass is 79.9. The number of nitrogens with one attached hydrogen (secondary N) is 1. The standard InChI is InChI=1S/C66H45N5.C24H18N2.C18H11Br2N/c1-6-20-46(21-7-1)67(51-34-38-57-55-30-16-18-32-61(55)69(63(57)42-51)48-24-10-3-11-25-48)53-36-40-59-60-41-37-54(45-66(60)71(65(59)44-53)50-28-14-5-15-29-50)68(47-22-8-2-9-23-47)52-35-39-58-56-31-17-19-33-62(56)70(64(58)43-52)49-26-12-4-13-27-49;1-3-9-18(10-4-1)25-19-15-16-22-21-13-7-8-14-23(21)26(24(22)17-19)20-11-5-2-6-12-20;19-12-6-8-15-16-9-7-13(20)11-18(16)21(17(15)10-12)14-4-2-1-3-5-14/h1-45H;1-17,25H;1-11H. The van der Waals surface area contributed by atoms with E-state index < -0.39 is 0 Å². The van der Waals surface area contributed by atoms with Gasteiger partial charge in [0.15, 0.2) is 0 Å². The van der Waals surface area contributed by atoms with Crippen LogP contribution in [0.1, 0.15) is 0 Å². The first-order chi connectivity index (χ1) is 58.4. The molecule has 1 N–H and O–H groups in total. The van der Waals surface area contributed by atoms with E-state index in [0.29, 0.717) is 0 Å². The summed E-state index contributed by atoms with van der Waals surface area (Å²) in [4.78, 5) is 4.79. The largest absolute Gasteiger partial charge is 0.355 e. The van der Waals surface area contributed by atoms with Crippen molar-refractivity contribution in [3.05, 3.63) is 452 Å². The zero-order chi connectivity index (χ0) is 78.6. The molecule has 10 heteroatoms. The minimum Gasteiger partial charge on any atom is -0.355 e. The molecule has 0 spiro atoms. The Bertz CT molecular complexity index is 7340. The van der Waals surface area contributed by atoms with Crippen LogP contribution in [-0.4, -0.2) is 22.8 Å². The van der Waals surface area contributed by atoms with Crippen LogP contribution in [0.25, 0.3) is 137 Å². The third-order valence-electron chi connectivity index (χ3n) is 22.6. The predicted molar refractivity (Wildman–Crippen MR) is 506 cm³/mol. The summed E-state index contributed by atoms with van der Waals surface area (Å²) in [6.07, 6.45) is 0. The van der Waals surface area contributed by atoms with Gasteiger partial charge in [0.25, 0.3) is 0 Å². The topological polar surface area (TPSA) is 43.2 Å². The van der Waals surface area contributed by atoms with Crippen LogP contribution in [0.4, 0.5) is 45.5 Å². The van der Waals surface area contributed by atoms with Gasteiger partial charge in [0.05, 0.1) is 55.2 Å². The summed E-state index contributed by atoms with van der Waals surface area (Å²) in [5, 5.41) is 15.9. The monoisotopic (exact) mass is 1640 g/mol. The maximum absolute atomic E-state index is 3.59. The fraction of sp³-hybridized carbons (Fsp3) is 0. The Balaban J connectivity index is 0.000000148. The summed E-state index contributed by atoms with van der Waals surface area (Å²) in [6.45, 7) is 0. The fourth-order valence-electron chi connectivity index (χ4n) is 17.5. The van der Waals surface area contributed by atoms with Gasteiger partial charge in [-0.2, -0.15) is 0 Å². The van der Waals surface area contributed by atoms with Crippen LogP contribution in [0.3, 0.4) is 0 Å². The van der Waals surface area contributed by atoms with Crippen molar-refractivity contribution in [2.24, 2.45) is 0 Å². The predicted octanol–water partition coefficient (Wildman–Crippen LogP) is 30.8. The summed E-state index contributed by atoms with van der Waals surface area (Å²) in [5.74, 6) is 0. The van der Waals surface area contributed by atoms with E-state index in [1.165, 1.54) is 98.3 Å². The molecule has 0 amide bonds. The zero-order valence-corrected chi connectivity index (χ0v) is 67.2. The number of aromatic nitrogens is 5. The average Bonchev–Trinajstić information content (AvgIpc) is 1.56. The average molecular weight is 1640 g/mol.